The minimum atomic E-state index is -3.58. The number of amides is 2. The van der Waals surface area contributed by atoms with Crippen LogP contribution in [0.2, 0.25) is 0 Å². The molecule has 0 unspecified atom stereocenters. The number of carbonyl (C=O) groups excluding carboxylic acids is 1. The van der Waals surface area contributed by atoms with Crippen LogP contribution in [0.4, 0.5) is 19.3 Å². The lowest BCUT2D eigenvalue weighted by molar-refractivity contribution is -0.129. The van der Waals surface area contributed by atoms with Gasteiger partial charge in [0, 0.05) is 43.3 Å². The number of halogens is 2. The maximum absolute atomic E-state index is 16.1. The average molecular weight is 726 g/mol. The van der Waals surface area contributed by atoms with E-state index in [4.69, 9.17) is 0 Å². The van der Waals surface area contributed by atoms with Crippen LogP contribution >= 0.6 is 0 Å². The van der Waals surface area contributed by atoms with Gasteiger partial charge in [0.2, 0.25) is 5.91 Å². The van der Waals surface area contributed by atoms with Crippen LogP contribution in [-0.4, -0.2) is 123 Å². The first kappa shape index (κ1) is 35.8. The standard InChI is InChI=1S/C38H49F2N5O5S/c1-2-35(46)44-21-32(22-44)51(49,50)31-12-10-30(11-13-31)45-24-37(40,25-45)23-43-18-14-27(15-19-43)38(26-42-16-5-17-42,28-6-3-7-29(39)20-28)33-8-4-9-34(33)41-36(47)48/h2-3,6-7,10-13,20,27,32-34,41H,1,4-5,8-9,14-19,21-26H2,(H,47,48)/t33-,34-,38-/m0/s1. The van der Waals surface area contributed by atoms with Gasteiger partial charge in [-0.15, -0.1) is 0 Å². The van der Waals surface area contributed by atoms with Crippen LogP contribution in [0.15, 0.2) is 66.1 Å². The van der Waals surface area contributed by atoms with Gasteiger partial charge in [0.1, 0.15) is 11.1 Å². The van der Waals surface area contributed by atoms with Gasteiger partial charge < -0.3 is 25.1 Å². The molecule has 51 heavy (non-hydrogen) atoms. The summed E-state index contributed by atoms with van der Waals surface area (Å²) in [5, 5.41) is 11.9. The lowest BCUT2D eigenvalue weighted by Crippen LogP contribution is -2.65. The number of nitrogens with one attached hydrogen (secondary N) is 1. The zero-order valence-electron chi connectivity index (χ0n) is 29.1. The smallest absolute Gasteiger partial charge is 0.404 e. The van der Waals surface area contributed by atoms with Crippen molar-refractivity contribution in [2.24, 2.45) is 11.8 Å². The molecule has 2 aromatic rings. The summed E-state index contributed by atoms with van der Waals surface area (Å²) in [7, 11) is -3.58. The highest BCUT2D eigenvalue weighted by Crippen LogP contribution is 2.51. The first-order chi connectivity index (χ1) is 24.4. The summed E-state index contributed by atoms with van der Waals surface area (Å²) < 4.78 is 57.1. The minimum Gasteiger partial charge on any atom is -0.465 e. The normalized spacial score (nSPS) is 25.7. The summed E-state index contributed by atoms with van der Waals surface area (Å²) in [6.07, 6.45) is 5.48. The van der Waals surface area contributed by atoms with Crippen LogP contribution in [0.5, 0.6) is 0 Å². The predicted octanol–water partition coefficient (Wildman–Crippen LogP) is 4.32. The third-order valence-corrected chi connectivity index (χ3v) is 14.5. The molecule has 4 heterocycles. The quantitative estimate of drug-likeness (QED) is 0.312. The highest BCUT2D eigenvalue weighted by atomic mass is 32.2. The lowest BCUT2D eigenvalue weighted by Gasteiger charge is -2.54. The Balaban J connectivity index is 0.998. The third kappa shape index (κ3) is 7.01. The van der Waals surface area contributed by atoms with Crippen LogP contribution < -0.4 is 10.2 Å². The molecule has 1 saturated carbocycles. The van der Waals surface area contributed by atoms with Crippen molar-refractivity contribution in [1.82, 2.24) is 20.0 Å². The fourth-order valence-electron chi connectivity index (χ4n) is 9.60. The molecule has 10 nitrogen and oxygen atoms in total. The van der Waals surface area contributed by atoms with Crippen LogP contribution in [-0.2, 0) is 20.0 Å². The second-order valence-corrected chi connectivity index (χ2v) is 17.7. The van der Waals surface area contributed by atoms with Gasteiger partial charge in [-0.1, -0.05) is 25.1 Å². The predicted molar refractivity (Wildman–Crippen MR) is 191 cm³/mol. The first-order valence-electron chi connectivity index (χ1n) is 18.3. The van der Waals surface area contributed by atoms with Gasteiger partial charge in [0.25, 0.3) is 0 Å². The number of carboxylic acid groups (broad SMARTS) is 1. The summed E-state index contributed by atoms with van der Waals surface area (Å²) in [5.41, 5.74) is -0.113. The van der Waals surface area contributed by atoms with E-state index in [2.05, 4.69) is 21.7 Å². The molecular weight excluding hydrogens is 677 g/mol. The van der Waals surface area contributed by atoms with Crippen LogP contribution in [0.3, 0.4) is 0 Å². The van der Waals surface area contributed by atoms with E-state index >= 15 is 4.39 Å². The molecule has 13 heteroatoms. The largest absolute Gasteiger partial charge is 0.465 e. The van der Waals surface area contributed by atoms with E-state index < -0.39 is 32.3 Å². The second-order valence-electron chi connectivity index (χ2n) is 15.4. The molecule has 4 saturated heterocycles. The zero-order chi connectivity index (χ0) is 36.0. The van der Waals surface area contributed by atoms with Crippen LogP contribution in [0.25, 0.3) is 0 Å². The third-order valence-electron chi connectivity index (χ3n) is 12.4. The number of alkyl halides is 1. The summed E-state index contributed by atoms with van der Waals surface area (Å²) in [5.74, 6) is -0.339. The minimum absolute atomic E-state index is 0.0338. The molecule has 1 aliphatic carbocycles. The van der Waals surface area contributed by atoms with Crippen molar-refractivity contribution in [3.63, 3.8) is 0 Å². The van der Waals surface area contributed by atoms with E-state index in [9.17, 15) is 27.5 Å². The fourth-order valence-corrected chi connectivity index (χ4v) is 11.2. The summed E-state index contributed by atoms with van der Waals surface area (Å²) in [4.78, 5) is 31.8. The van der Waals surface area contributed by atoms with Gasteiger partial charge in [-0.05, 0) is 118 Å². The number of rotatable bonds is 12. The van der Waals surface area contributed by atoms with E-state index in [1.807, 2.05) is 11.0 Å². The number of nitrogens with zero attached hydrogens (tertiary/aromatic N) is 4. The van der Waals surface area contributed by atoms with E-state index in [1.54, 1.807) is 36.4 Å². The molecule has 7 rings (SSSR count). The van der Waals surface area contributed by atoms with Crippen molar-refractivity contribution >= 4 is 27.5 Å². The van der Waals surface area contributed by atoms with Gasteiger partial charge in [0.05, 0.1) is 18.0 Å². The number of benzene rings is 2. The second kappa shape index (κ2) is 14.1. The summed E-state index contributed by atoms with van der Waals surface area (Å²) in [6, 6.07) is 13.3. The van der Waals surface area contributed by atoms with Gasteiger partial charge in [-0.2, -0.15) is 0 Å². The monoisotopic (exact) mass is 725 g/mol. The van der Waals surface area contributed by atoms with E-state index in [0.29, 0.717) is 19.6 Å². The Morgan fingerprint density at radius 1 is 0.980 bits per heavy atom. The first-order valence-corrected chi connectivity index (χ1v) is 19.8. The highest BCUT2D eigenvalue weighted by Gasteiger charge is 2.54. The van der Waals surface area contributed by atoms with Gasteiger partial charge >= 0.3 is 6.09 Å². The van der Waals surface area contributed by atoms with E-state index in [1.165, 1.54) is 17.0 Å². The molecule has 0 spiro atoms. The van der Waals surface area contributed by atoms with Crippen molar-refractivity contribution in [2.75, 3.05) is 70.3 Å². The summed E-state index contributed by atoms with van der Waals surface area (Å²) in [6.45, 7) is 8.63. The van der Waals surface area contributed by atoms with Crippen molar-refractivity contribution < 1.29 is 31.9 Å². The molecule has 2 amide bonds. The maximum atomic E-state index is 16.1. The Kier molecular flexibility index (Phi) is 9.92. The molecule has 4 aliphatic heterocycles. The Hall–Kier alpha value is -3.55. The Labute approximate surface area is 299 Å². The number of hydrogen-bond donors (Lipinski definition) is 2. The van der Waals surface area contributed by atoms with Crippen molar-refractivity contribution in [2.45, 2.75) is 65.8 Å². The topological polar surface area (TPSA) is 114 Å². The molecule has 5 fully saturated rings. The molecule has 2 aromatic carbocycles. The van der Waals surface area contributed by atoms with Crippen molar-refractivity contribution in [3.8, 4) is 0 Å². The molecule has 3 atom stereocenters. The fraction of sp³-hybridized carbons (Fsp3) is 0.579. The molecule has 0 bridgehead atoms. The van der Waals surface area contributed by atoms with Gasteiger partial charge in [-0.25, -0.2) is 22.0 Å². The van der Waals surface area contributed by atoms with Crippen molar-refractivity contribution in [3.05, 3.63) is 72.6 Å². The SMILES string of the molecule is C=CC(=O)N1CC(S(=O)(=O)c2ccc(N3CC(F)(CN4CCC([C@@](CN5CCC5)(c5cccc(F)c5)[C@H]5CCC[C@@H]5NC(=O)O)CC4)C3)cc2)C1. The number of hydrogen-bond acceptors (Lipinski definition) is 7. The number of anilines is 1. The lowest BCUT2D eigenvalue weighted by atomic mass is 9.57. The maximum Gasteiger partial charge on any atom is 0.404 e. The number of piperidine rings is 1. The molecule has 5 aliphatic rings. The highest BCUT2D eigenvalue weighted by molar-refractivity contribution is 7.92. The van der Waals surface area contributed by atoms with Gasteiger partial charge in [-0.3, -0.25) is 9.69 Å². The van der Waals surface area contributed by atoms with Crippen molar-refractivity contribution in [1.29, 1.82) is 0 Å². The number of likely N-dealkylation sites (tertiary alicyclic amines) is 3. The summed E-state index contributed by atoms with van der Waals surface area (Å²) >= 11 is 0. The molecule has 0 radical (unpaired) electrons. The number of sulfone groups is 1. The Bertz CT molecular complexity index is 1720. The average Bonchev–Trinajstić information content (AvgIpc) is 3.50. The molecular formula is C38H49F2N5O5S. The van der Waals surface area contributed by atoms with Crippen LogP contribution in [0.1, 0.15) is 44.1 Å². The Morgan fingerprint density at radius 2 is 1.69 bits per heavy atom. The molecule has 2 N–H and O–H groups in total. The molecule has 0 aromatic heterocycles. The zero-order valence-corrected chi connectivity index (χ0v) is 29.9. The van der Waals surface area contributed by atoms with Crippen LogP contribution in [0, 0.1) is 17.7 Å². The Morgan fingerprint density at radius 3 is 2.29 bits per heavy atom. The van der Waals surface area contributed by atoms with E-state index in [0.717, 1.165) is 69.4 Å². The van der Waals surface area contributed by atoms with Gasteiger partial charge in [0.15, 0.2) is 15.5 Å². The number of carbonyl (C=O) groups is 2. The molecule has 276 valence electrons. The van der Waals surface area contributed by atoms with E-state index in [-0.39, 0.29) is 60.7 Å².